The Kier molecular flexibility index (Phi) is 6.02. The van der Waals surface area contributed by atoms with Gasteiger partial charge in [0.05, 0.1) is 0 Å². The van der Waals surface area contributed by atoms with Gasteiger partial charge in [-0.3, -0.25) is 20.6 Å². The molecule has 1 aromatic carbocycles. The highest BCUT2D eigenvalue weighted by Gasteiger charge is 2.13. The number of benzene rings is 1. The van der Waals surface area contributed by atoms with Gasteiger partial charge in [0.2, 0.25) is 5.85 Å². The molecule has 0 saturated heterocycles. The Morgan fingerprint density at radius 2 is 1.59 bits per heavy atom. The third kappa shape index (κ3) is 14.8. The Morgan fingerprint density at radius 3 is 1.94 bits per heavy atom. The molecule has 0 unspecified atom stereocenters. The molecule has 0 aliphatic heterocycles. The number of para-hydroxylation sites is 1. The molecule has 98 valence electrons. The van der Waals surface area contributed by atoms with E-state index in [1.54, 1.807) is 12.1 Å². The molecule has 17 heavy (non-hydrogen) atoms. The summed E-state index contributed by atoms with van der Waals surface area (Å²) in [7, 11) is -4.67. The Balaban J connectivity index is 0.000000437. The van der Waals surface area contributed by atoms with Gasteiger partial charge in [-0.25, -0.2) is 0 Å². The quantitative estimate of drug-likeness (QED) is 0.343. The highest BCUT2D eigenvalue weighted by Crippen LogP contribution is 2.08. The lowest BCUT2D eigenvalue weighted by Crippen LogP contribution is -2.54. The third-order valence-corrected chi connectivity index (χ3v) is 1.21. The van der Waals surface area contributed by atoms with Crippen molar-refractivity contribution in [1.29, 1.82) is 0 Å². The van der Waals surface area contributed by atoms with Crippen LogP contribution in [0, 0.1) is 0 Å². The first-order chi connectivity index (χ1) is 7.58. The fraction of sp³-hybridized carbons (Fsp3) is 0.250. The van der Waals surface area contributed by atoms with E-state index in [0.717, 1.165) is 0 Å². The molecule has 0 spiro atoms. The summed E-state index contributed by atoms with van der Waals surface area (Å²) in [5.74, 6) is -1.14. The molecule has 0 bridgehead atoms. The molecule has 0 saturated carbocycles. The van der Waals surface area contributed by atoms with Crippen molar-refractivity contribution < 1.29 is 27.4 Å². The van der Waals surface area contributed by atoms with E-state index in [1.165, 1.54) is 0 Å². The van der Waals surface area contributed by atoms with Crippen molar-refractivity contribution in [2.75, 3.05) is 6.61 Å². The number of ether oxygens (including phenoxy) is 1. The molecule has 7 N–H and O–H groups in total. The average Bonchev–Trinajstić information content (AvgIpc) is 2.13. The van der Waals surface area contributed by atoms with Crippen molar-refractivity contribution in [2.24, 2.45) is 11.5 Å². The Bertz CT molecular complexity index is 405. The molecular weight excluding hydrogens is 252 g/mol. The van der Waals surface area contributed by atoms with Gasteiger partial charge in [-0.05, 0) is 12.1 Å². The summed E-state index contributed by atoms with van der Waals surface area (Å²) < 4.78 is 36.7. The molecule has 0 amide bonds. The van der Waals surface area contributed by atoms with E-state index in [-0.39, 0.29) is 6.61 Å². The van der Waals surface area contributed by atoms with E-state index in [0.29, 0.717) is 5.75 Å². The lowest BCUT2D eigenvalue weighted by molar-refractivity contribution is 0.00619. The van der Waals surface area contributed by atoms with Gasteiger partial charge in [0.25, 0.3) is 0 Å². The maximum atomic E-state index is 8.91. The number of hydrogen-bond acceptors (Lipinski definition) is 6. The van der Waals surface area contributed by atoms with Gasteiger partial charge in [0.1, 0.15) is 12.4 Å². The Hall–Kier alpha value is -1.23. The Morgan fingerprint density at radius 1 is 1.18 bits per heavy atom. The summed E-state index contributed by atoms with van der Waals surface area (Å²) in [4.78, 5) is 0. The fourth-order valence-corrected chi connectivity index (χ4v) is 0.716. The number of nitrogens with two attached hydrogens (primary N) is 2. The fourth-order valence-electron chi connectivity index (χ4n) is 0.716. The largest absolute Gasteiger partial charge is 0.488 e. The van der Waals surface area contributed by atoms with Crippen LogP contribution in [-0.4, -0.2) is 35.1 Å². The van der Waals surface area contributed by atoms with E-state index in [9.17, 15) is 0 Å². The van der Waals surface area contributed by atoms with Gasteiger partial charge in [0, 0.05) is 0 Å². The summed E-state index contributed by atoms with van der Waals surface area (Å²) >= 11 is 0. The van der Waals surface area contributed by atoms with Crippen LogP contribution in [-0.2, 0) is 10.4 Å². The Labute approximate surface area is 98.4 Å². The van der Waals surface area contributed by atoms with Gasteiger partial charge in [-0.1, -0.05) is 18.2 Å². The molecule has 0 aliphatic rings. The van der Waals surface area contributed by atoms with E-state index in [4.69, 9.17) is 38.8 Å². The molecule has 1 aromatic rings. The summed E-state index contributed by atoms with van der Waals surface area (Å²) in [6.07, 6.45) is 0. The normalized spacial score (nSPS) is 11.4. The zero-order chi connectivity index (χ0) is 13.5. The lowest BCUT2D eigenvalue weighted by Gasteiger charge is -2.17. The highest BCUT2D eigenvalue weighted by atomic mass is 32.3. The standard InChI is InChI=1S/C8H12N2O2.H2O4S/c9-8(10,11)6-12-7-4-2-1-3-5-7;1-5(2,3)4/h1-5,11H,6,9-10H2;(H2,1,2,3,4). The summed E-state index contributed by atoms with van der Waals surface area (Å²) in [5, 5.41) is 8.91. The topological polar surface area (TPSA) is 156 Å². The molecule has 0 radical (unpaired) electrons. The van der Waals surface area contributed by atoms with E-state index in [2.05, 4.69) is 0 Å². The van der Waals surface area contributed by atoms with E-state index in [1.807, 2.05) is 18.2 Å². The first kappa shape index (κ1) is 15.8. The van der Waals surface area contributed by atoms with Crippen molar-refractivity contribution >= 4 is 10.4 Å². The minimum Gasteiger partial charge on any atom is -0.488 e. The maximum Gasteiger partial charge on any atom is 0.394 e. The summed E-state index contributed by atoms with van der Waals surface area (Å²) in [6.45, 7) is -0.128. The van der Waals surface area contributed by atoms with Gasteiger partial charge < -0.3 is 9.84 Å². The molecule has 9 heteroatoms. The number of rotatable bonds is 3. The van der Waals surface area contributed by atoms with Crippen LogP contribution in [0.15, 0.2) is 30.3 Å². The molecule has 8 nitrogen and oxygen atoms in total. The van der Waals surface area contributed by atoms with Crippen LogP contribution in [0.4, 0.5) is 0 Å². The third-order valence-electron chi connectivity index (χ3n) is 1.21. The average molecular weight is 266 g/mol. The monoisotopic (exact) mass is 266 g/mol. The van der Waals surface area contributed by atoms with E-state index >= 15 is 0 Å². The number of aliphatic hydroxyl groups is 1. The predicted octanol–water partition coefficient (Wildman–Crippen LogP) is -1.02. The van der Waals surface area contributed by atoms with Crippen molar-refractivity contribution in [1.82, 2.24) is 0 Å². The van der Waals surface area contributed by atoms with Crippen LogP contribution in [0.1, 0.15) is 0 Å². The van der Waals surface area contributed by atoms with Crippen molar-refractivity contribution in [2.45, 2.75) is 5.85 Å². The smallest absolute Gasteiger partial charge is 0.394 e. The zero-order valence-electron chi connectivity index (χ0n) is 8.72. The summed E-state index contributed by atoms with van der Waals surface area (Å²) in [6, 6.07) is 9.02. The SMILES string of the molecule is NC(N)(O)COc1ccccc1.O=S(=O)(O)O. The molecule has 0 fully saturated rings. The second-order valence-electron chi connectivity index (χ2n) is 3.04. The van der Waals surface area contributed by atoms with Crippen LogP contribution < -0.4 is 16.2 Å². The van der Waals surface area contributed by atoms with Crippen LogP contribution in [0.2, 0.25) is 0 Å². The minimum absolute atomic E-state index is 0.128. The van der Waals surface area contributed by atoms with Crippen molar-refractivity contribution in [3.05, 3.63) is 30.3 Å². The lowest BCUT2D eigenvalue weighted by atomic mass is 10.3. The van der Waals surface area contributed by atoms with Crippen LogP contribution in [0.25, 0.3) is 0 Å². The van der Waals surface area contributed by atoms with E-state index < -0.39 is 16.2 Å². The molecule has 0 heterocycles. The van der Waals surface area contributed by atoms with Crippen LogP contribution >= 0.6 is 0 Å². The second kappa shape index (κ2) is 6.49. The van der Waals surface area contributed by atoms with Gasteiger partial charge in [-0.2, -0.15) is 8.42 Å². The van der Waals surface area contributed by atoms with Crippen molar-refractivity contribution in [3.8, 4) is 5.75 Å². The molecular formula is C8H14N2O6S. The van der Waals surface area contributed by atoms with Gasteiger partial charge in [-0.15, -0.1) is 0 Å². The van der Waals surface area contributed by atoms with Crippen LogP contribution in [0.5, 0.6) is 5.75 Å². The molecule has 0 aliphatic carbocycles. The van der Waals surface area contributed by atoms with Crippen LogP contribution in [0.3, 0.4) is 0 Å². The van der Waals surface area contributed by atoms with Gasteiger partial charge >= 0.3 is 10.4 Å². The zero-order valence-corrected chi connectivity index (χ0v) is 9.54. The maximum absolute atomic E-state index is 8.91. The first-order valence-electron chi connectivity index (χ1n) is 4.26. The second-order valence-corrected chi connectivity index (χ2v) is 3.94. The van der Waals surface area contributed by atoms with Gasteiger partial charge in [0.15, 0.2) is 0 Å². The molecule has 1 rings (SSSR count). The summed E-state index contributed by atoms with van der Waals surface area (Å²) in [5.41, 5.74) is 10.2. The highest BCUT2D eigenvalue weighted by molar-refractivity contribution is 7.79. The minimum atomic E-state index is -4.67. The first-order valence-corrected chi connectivity index (χ1v) is 5.65. The van der Waals surface area contributed by atoms with Crippen molar-refractivity contribution in [3.63, 3.8) is 0 Å². The molecule has 0 aromatic heterocycles. The molecule has 0 atom stereocenters. The predicted molar refractivity (Wildman–Crippen MR) is 59.4 cm³/mol. The number of hydrogen-bond donors (Lipinski definition) is 5.